The largest absolute Gasteiger partial charge is 0.449 e. The first-order valence-corrected chi connectivity index (χ1v) is 7.91. The van der Waals surface area contributed by atoms with Gasteiger partial charge in [-0.05, 0) is 30.7 Å². The Morgan fingerprint density at radius 1 is 1.08 bits per heavy atom. The van der Waals surface area contributed by atoms with Crippen LogP contribution in [0.2, 0.25) is 10.0 Å². The second-order valence-electron chi connectivity index (χ2n) is 4.91. The topological polar surface area (TPSA) is 55.4 Å². The van der Waals surface area contributed by atoms with E-state index in [0.717, 1.165) is 5.56 Å². The number of hydrogen-bond acceptors (Lipinski definition) is 3. The zero-order valence-corrected chi connectivity index (χ0v) is 14.3. The van der Waals surface area contributed by atoms with E-state index in [1.54, 1.807) is 24.3 Å². The number of carbonyl (C=O) groups excluding carboxylic acids is 2. The fraction of sp³-hybridized carbons (Fsp3) is 0.111. The molecule has 1 unspecified atom stereocenters. The Hall–Kier alpha value is -2.30. The van der Waals surface area contributed by atoms with Crippen LogP contribution in [-0.4, -0.2) is 18.0 Å². The maximum absolute atomic E-state index is 12.1. The van der Waals surface area contributed by atoms with Crippen molar-refractivity contribution in [1.29, 1.82) is 0 Å². The van der Waals surface area contributed by atoms with Gasteiger partial charge in [-0.1, -0.05) is 59.6 Å². The second-order valence-corrected chi connectivity index (χ2v) is 5.70. The molecule has 1 N–H and O–H groups in total. The number of hydrogen-bond donors (Lipinski definition) is 1. The third-order valence-corrected chi connectivity index (χ3v) is 3.90. The number of rotatable bonds is 5. The van der Waals surface area contributed by atoms with Gasteiger partial charge in [-0.3, -0.25) is 4.79 Å². The summed E-state index contributed by atoms with van der Waals surface area (Å²) in [5.41, 5.74) is 1.22. The van der Waals surface area contributed by atoms with Crippen LogP contribution in [0.1, 0.15) is 12.5 Å². The lowest BCUT2D eigenvalue weighted by atomic mass is 10.2. The molecule has 0 heterocycles. The summed E-state index contributed by atoms with van der Waals surface area (Å²) in [4.78, 5) is 23.8. The monoisotopic (exact) mass is 363 g/mol. The minimum atomic E-state index is -0.979. The van der Waals surface area contributed by atoms with Gasteiger partial charge in [0.05, 0.1) is 15.7 Å². The molecule has 124 valence electrons. The van der Waals surface area contributed by atoms with Crippen LogP contribution >= 0.6 is 23.2 Å². The highest BCUT2D eigenvalue weighted by molar-refractivity contribution is 6.44. The molecule has 0 aliphatic rings. The van der Waals surface area contributed by atoms with Crippen LogP contribution < -0.4 is 5.32 Å². The van der Waals surface area contributed by atoms with Crippen LogP contribution in [0.4, 0.5) is 5.69 Å². The lowest BCUT2D eigenvalue weighted by Gasteiger charge is -2.13. The maximum Gasteiger partial charge on any atom is 0.331 e. The van der Waals surface area contributed by atoms with Crippen LogP contribution in [0.5, 0.6) is 0 Å². The molecule has 2 rings (SSSR count). The molecule has 0 aromatic heterocycles. The molecule has 0 aliphatic heterocycles. The van der Waals surface area contributed by atoms with Crippen LogP contribution in [0.25, 0.3) is 6.08 Å². The highest BCUT2D eigenvalue weighted by atomic mass is 35.5. The fourth-order valence-electron chi connectivity index (χ4n) is 1.83. The van der Waals surface area contributed by atoms with E-state index in [9.17, 15) is 9.59 Å². The molecule has 0 aliphatic carbocycles. The molecule has 0 saturated heterocycles. The predicted octanol–water partition coefficient (Wildman–Crippen LogP) is 4.58. The van der Waals surface area contributed by atoms with Gasteiger partial charge >= 0.3 is 5.97 Å². The smallest absolute Gasteiger partial charge is 0.331 e. The molecule has 24 heavy (non-hydrogen) atoms. The Morgan fingerprint density at radius 3 is 2.50 bits per heavy atom. The molecule has 0 saturated carbocycles. The molecule has 4 nitrogen and oxygen atoms in total. The summed E-state index contributed by atoms with van der Waals surface area (Å²) < 4.78 is 5.06. The van der Waals surface area contributed by atoms with Crippen molar-refractivity contribution < 1.29 is 14.3 Å². The van der Waals surface area contributed by atoms with Crippen molar-refractivity contribution in [3.63, 3.8) is 0 Å². The summed E-state index contributed by atoms with van der Waals surface area (Å²) in [5.74, 6) is -1.11. The molecule has 6 heteroatoms. The Morgan fingerprint density at radius 2 is 1.79 bits per heavy atom. The number of esters is 1. The molecular weight excluding hydrogens is 349 g/mol. The number of amides is 1. The van der Waals surface area contributed by atoms with Crippen molar-refractivity contribution >= 4 is 46.8 Å². The number of benzene rings is 2. The van der Waals surface area contributed by atoms with Crippen molar-refractivity contribution in [1.82, 2.24) is 0 Å². The first kappa shape index (κ1) is 18.0. The number of nitrogens with one attached hydrogen (secondary N) is 1. The maximum atomic E-state index is 12.1. The number of carbonyl (C=O) groups is 2. The van der Waals surface area contributed by atoms with Gasteiger partial charge in [-0.25, -0.2) is 4.79 Å². The van der Waals surface area contributed by atoms with Gasteiger partial charge in [0.1, 0.15) is 0 Å². The van der Waals surface area contributed by atoms with E-state index in [2.05, 4.69) is 5.32 Å². The second kappa shape index (κ2) is 8.52. The third kappa shape index (κ3) is 5.11. The zero-order chi connectivity index (χ0) is 17.5. The summed E-state index contributed by atoms with van der Waals surface area (Å²) in [6, 6.07) is 14.2. The van der Waals surface area contributed by atoms with Gasteiger partial charge < -0.3 is 10.1 Å². The summed E-state index contributed by atoms with van der Waals surface area (Å²) in [5, 5.41) is 3.13. The van der Waals surface area contributed by atoms with E-state index >= 15 is 0 Å². The SMILES string of the molecule is CC(OC(=O)/C=C/c1ccccc1)C(=O)Nc1cccc(Cl)c1Cl. The lowest BCUT2D eigenvalue weighted by molar-refractivity contribution is -0.148. The summed E-state index contributed by atoms with van der Waals surface area (Å²) in [6.45, 7) is 1.47. The Balaban J connectivity index is 1.92. The zero-order valence-electron chi connectivity index (χ0n) is 12.8. The van der Waals surface area contributed by atoms with Crippen molar-refractivity contribution in [3.8, 4) is 0 Å². The van der Waals surface area contributed by atoms with E-state index < -0.39 is 18.0 Å². The van der Waals surface area contributed by atoms with Crippen molar-refractivity contribution in [3.05, 3.63) is 70.2 Å². The average molecular weight is 364 g/mol. The number of ether oxygens (including phenoxy) is 1. The predicted molar refractivity (Wildman–Crippen MR) is 96.1 cm³/mol. The van der Waals surface area contributed by atoms with Crippen LogP contribution in [0.15, 0.2) is 54.6 Å². The first-order valence-electron chi connectivity index (χ1n) is 7.16. The van der Waals surface area contributed by atoms with E-state index in [4.69, 9.17) is 27.9 Å². The first-order chi connectivity index (χ1) is 11.5. The van der Waals surface area contributed by atoms with Gasteiger partial charge in [0.15, 0.2) is 6.10 Å². The molecule has 0 fully saturated rings. The van der Waals surface area contributed by atoms with Crippen LogP contribution in [0, 0.1) is 0 Å². The fourth-order valence-corrected chi connectivity index (χ4v) is 2.18. The van der Waals surface area contributed by atoms with E-state index in [0.29, 0.717) is 10.7 Å². The standard InChI is InChI=1S/C18H15Cl2NO3/c1-12(18(23)21-15-9-5-8-14(19)17(15)20)24-16(22)11-10-13-6-3-2-4-7-13/h2-12H,1H3,(H,21,23)/b11-10+. The molecule has 1 atom stereocenters. The molecule has 2 aromatic rings. The molecular formula is C18H15Cl2NO3. The summed E-state index contributed by atoms with van der Waals surface area (Å²) in [6.07, 6.45) is 1.90. The van der Waals surface area contributed by atoms with Gasteiger partial charge in [0.25, 0.3) is 5.91 Å². The van der Waals surface area contributed by atoms with Gasteiger partial charge in [-0.2, -0.15) is 0 Å². The molecule has 0 spiro atoms. The Bertz CT molecular complexity index is 760. The molecule has 1 amide bonds. The van der Waals surface area contributed by atoms with E-state index in [1.165, 1.54) is 13.0 Å². The Kier molecular flexibility index (Phi) is 6.41. The molecule has 0 radical (unpaired) electrons. The molecule has 2 aromatic carbocycles. The third-order valence-electron chi connectivity index (χ3n) is 3.08. The summed E-state index contributed by atoms with van der Waals surface area (Å²) in [7, 11) is 0. The summed E-state index contributed by atoms with van der Waals surface area (Å²) >= 11 is 11.9. The van der Waals surface area contributed by atoms with Crippen molar-refractivity contribution in [2.24, 2.45) is 0 Å². The van der Waals surface area contributed by atoms with E-state index in [-0.39, 0.29) is 5.02 Å². The lowest BCUT2D eigenvalue weighted by Crippen LogP contribution is -2.29. The average Bonchev–Trinajstić information content (AvgIpc) is 2.58. The van der Waals surface area contributed by atoms with Crippen LogP contribution in [-0.2, 0) is 14.3 Å². The Labute approximate surface area is 150 Å². The van der Waals surface area contributed by atoms with Gasteiger partial charge in [0.2, 0.25) is 0 Å². The molecule has 0 bridgehead atoms. The minimum absolute atomic E-state index is 0.231. The minimum Gasteiger partial charge on any atom is -0.449 e. The van der Waals surface area contributed by atoms with Gasteiger partial charge in [0, 0.05) is 6.08 Å². The van der Waals surface area contributed by atoms with Crippen LogP contribution in [0.3, 0.4) is 0 Å². The highest BCUT2D eigenvalue weighted by Crippen LogP contribution is 2.29. The quantitative estimate of drug-likeness (QED) is 0.624. The number of anilines is 1. The van der Waals surface area contributed by atoms with Gasteiger partial charge in [-0.15, -0.1) is 0 Å². The van der Waals surface area contributed by atoms with Crippen molar-refractivity contribution in [2.45, 2.75) is 13.0 Å². The number of halogens is 2. The normalized spacial score (nSPS) is 12.0. The highest BCUT2D eigenvalue weighted by Gasteiger charge is 2.18. The van der Waals surface area contributed by atoms with E-state index in [1.807, 2.05) is 30.3 Å². The van der Waals surface area contributed by atoms with Crippen molar-refractivity contribution in [2.75, 3.05) is 5.32 Å².